The first-order chi connectivity index (χ1) is 17.0. The molecular weight excluding hydrogens is 424 g/mol. The van der Waals surface area contributed by atoms with Crippen LogP contribution in [0.4, 0.5) is 11.4 Å². The lowest BCUT2D eigenvalue weighted by Crippen LogP contribution is -2.25. The van der Waals surface area contributed by atoms with Gasteiger partial charge in [-0.2, -0.15) is 0 Å². The molecule has 0 radical (unpaired) electrons. The molecule has 0 bridgehead atoms. The van der Waals surface area contributed by atoms with Crippen molar-refractivity contribution in [1.82, 2.24) is 0 Å². The van der Waals surface area contributed by atoms with Crippen LogP contribution in [0.15, 0.2) is 66.7 Å². The summed E-state index contributed by atoms with van der Waals surface area (Å²) in [4.78, 5) is 5.06. The Morgan fingerprint density at radius 1 is 0.543 bits per heavy atom. The van der Waals surface area contributed by atoms with Crippen LogP contribution in [0.1, 0.15) is 87.1 Å². The van der Waals surface area contributed by atoms with E-state index in [2.05, 4.69) is 118 Å². The van der Waals surface area contributed by atoms with Gasteiger partial charge in [0.15, 0.2) is 0 Å². The van der Waals surface area contributed by atoms with E-state index in [1.54, 1.807) is 0 Å². The van der Waals surface area contributed by atoms with Gasteiger partial charge in [0.2, 0.25) is 0 Å². The molecule has 3 aromatic rings. The van der Waals surface area contributed by atoms with E-state index >= 15 is 0 Å². The number of anilines is 2. The van der Waals surface area contributed by atoms with Gasteiger partial charge in [0.25, 0.3) is 0 Å². The summed E-state index contributed by atoms with van der Waals surface area (Å²) in [5, 5.41) is 0. The smallest absolute Gasteiger partial charge is 0.0369 e. The number of aryl methyl sites for hydroxylation is 2. The molecule has 0 aliphatic heterocycles. The zero-order valence-electron chi connectivity index (χ0n) is 23.0. The van der Waals surface area contributed by atoms with Gasteiger partial charge in [0.1, 0.15) is 0 Å². The molecule has 0 aliphatic rings. The van der Waals surface area contributed by atoms with E-state index < -0.39 is 0 Å². The number of hydrogen-bond donors (Lipinski definition) is 0. The number of nitrogens with zero attached hydrogens (tertiary/aromatic N) is 2. The SMILES string of the molecule is CCCN(CCC)c1ccc(C(c2ccccc2)c2ccc(N(CCC)CCC)cc2C)c(C)c1. The summed E-state index contributed by atoms with van der Waals surface area (Å²) in [6.45, 7) is 18.1. The molecule has 188 valence electrons. The van der Waals surface area contributed by atoms with Gasteiger partial charge in [-0.25, -0.2) is 0 Å². The first-order valence-electron chi connectivity index (χ1n) is 13.8. The molecule has 0 amide bonds. The van der Waals surface area contributed by atoms with Gasteiger partial charge in [-0.15, -0.1) is 0 Å². The van der Waals surface area contributed by atoms with Crippen LogP contribution in [-0.4, -0.2) is 26.2 Å². The summed E-state index contributed by atoms with van der Waals surface area (Å²) < 4.78 is 0. The Balaban J connectivity index is 2.06. The molecule has 2 nitrogen and oxygen atoms in total. The predicted octanol–water partition coefficient (Wildman–Crippen LogP) is 8.74. The third kappa shape index (κ3) is 6.69. The van der Waals surface area contributed by atoms with Gasteiger partial charge in [-0.1, -0.05) is 70.2 Å². The average Bonchev–Trinajstić information content (AvgIpc) is 2.86. The van der Waals surface area contributed by atoms with Crippen molar-refractivity contribution in [2.45, 2.75) is 73.1 Å². The minimum atomic E-state index is 0.232. The zero-order valence-corrected chi connectivity index (χ0v) is 23.0. The van der Waals surface area contributed by atoms with E-state index in [0.717, 1.165) is 26.2 Å². The monoisotopic (exact) mass is 470 g/mol. The van der Waals surface area contributed by atoms with Crippen molar-refractivity contribution in [2.75, 3.05) is 36.0 Å². The van der Waals surface area contributed by atoms with Crippen LogP contribution in [-0.2, 0) is 0 Å². The Morgan fingerprint density at radius 3 is 1.29 bits per heavy atom. The summed E-state index contributed by atoms with van der Waals surface area (Å²) in [6, 6.07) is 25.3. The molecule has 35 heavy (non-hydrogen) atoms. The molecule has 0 unspecified atom stereocenters. The first kappa shape index (κ1) is 26.9. The lowest BCUT2D eigenvalue weighted by molar-refractivity contribution is 0.743. The quantitative estimate of drug-likeness (QED) is 0.230. The van der Waals surface area contributed by atoms with E-state index in [-0.39, 0.29) is 5.92 Å². The van der Waals surface area contributed by atoms with Crippen LogP contribution < -0.4 is 9.80 Å². The van der Waals surface area contributed by atoms with Crippen LogP contribution in [0.5, 0.6) is 0 Å². The number of benzene rings is 3. The molecule has 0 atom stereocenters. The molecule has 2 heteroatoms. The van der Waals surface area contributed by atoms with Crippen LogP contribution in [0, 0.1) is 13.8 Å². The van der Waals surface area contributed by atoms with Gasteiger partial charge in [-0.05, 0) is 91.6 Å². The highest BCUT2D eigenvalue weighted by Gasteiger charge is 2.22. The van der Waals surface area contributed by atoms with E-state index in [1.807, 2.05) is 0 Å². The summed E-state index contributed by atoms with van der Waals surface area (Å²) in [6.07, 6.45) is 4.69. The number of rotatable bonds is 13. The van der Waals surface area contributed by atoms with Gasteiger partial charge < -0.3 is 9.80 Å². The molecule has 0 heterocycles. The van der Waals surface area contributed by atoms with Crippen molar-refractivity contribution in [2.24, 2.45) is 0 Å². The largest absolute Gasteiger partial charge is 0.372 e. The molecule has 3 aromatic carbocycles. The van der Waals surface area contributed by atoms with Gasteiger partial charge >= 0.3 is 0 Å². The molecule has 0 fully saturated rings. The zero-order chi connectivity index (χ0) is 25.2. The third-order valence-corrected chi connectivity index (χ3v) is 6.97. The minimum Gasteiger partial charge on any atom is -0.372 e. The predicted molar refractivity (Wildman–Crippen MR) is 155 cm³/mol. The second-order valence-electron chi connectivity index (χ2n) is 9.90. The molecule has 0 saturated carbocycles. The van der Waals surface area contributed by atoms with E-state index in [4.69, 9.17) is 0 Å². The summed E-state index contributed by atoms with van der Waals surface area (Å²) in [5.74, 6) is 0.232. The Bertz CT molecular complexity index is 963. The summed E-state index contributed by atoms with van der Waals surface area (Å²) in [7, 11) is 0. The van der Waals surface area contributed by atoms with E-state index in [1.165, 1.54) is 64.9 Å². The maximum Gasteiger partial charge on any atom is 0.0369 e. The fourth-order valence-corrected chi connectivity index (χ4v) is 5.35. The van der Waals surface area contributed by atoms with E-state index in [0.29, 0.717) is 0 Å². The van der Waals surface area contributed by atoms with Crippen LogP contribution in [0.2, 0.25) is 0 Å². The van der Waals surface area contributed by atoms with Crippen molar-refractivity contribution in [1.29, 1.82) is 0 Å². The molecule has 0 spiro atoms. The standard InChI is InChI=1S/C33H46N2/c1-7-20-34(21-8-2)29-16-18-31(26(5)24-29)33(28-14-12-11-13-15-28)32-19-17-30(25-27(32)6)35(22-9-3)23-10-4/h11-19,24-25,33H,7-10,20-23H2,1-6H3. The number of hydrogen-bond acceptors (Lipinski definition) is 2. The second-order valence-corrected chi connectivity index (χ2v) is 9.90. The molecule has 0 N–H and O–H groups in total. The highest BCUT2D eigenvalue weighted by molar-refractivity contribution is 5.58. The molecule has 0 aliphatic carbocycles. The fraction of sp³-hybridized carbons (Fsp3) is 0.455. The second kappa shape index (κ2) is 13.4. The van der Waals surface area contributed by atoms with Crippen molar-refractivity contribution in [3.05, 3.63) is 94.5 Å². The maximum atomic E-state index is 2.53. The summed E-state index contributed by atoms with van der Waals surface area (Å²) in [5.41, 5.74) is 9.61. The van der Waals surface area contributed by atoms with Crippen LogP contribution >= 0.6 is 0 Å². The van der Waals surface area contributed by atoms with Crippen molar-refractivity contribution >= 4 is 11.4 Å². The third-order valence-electron chi connectivity index (χ3n) is 6.97. The molecule has 0 saturated heterocycles. The van der Waals surface area contributed by atoms with Gasteiger partial charge in [0.05, 0.1) is 0 Å². The fourth-order valence-electron chi connectivity index (χ4n) is 5.35. The van der Waals surface area contributed by atoms with Crippen LogP contribution in [0.25, 0.3) is 0 Å². The highest BCUT2D eigenvalue weighted by Crippen LogP contribution is 2.38. The molecule has 3 rings (SSSR count). The van der Waals surface area contributed by atoms with Crippen molar-refractivity contribution in [3.8, 4) is 0 Å². The molecular formula is C33H46N2. The van der Waals surface area contributed by atoms with Crippen molar-refractivity contribution in [3.63, 3.8) is 0 Å². The lowest BCUT2D eigenvalue weighted by atomic mass is 9.81. The lowest BCUT2D eigenvalue weighted by Gasteiger charge is -2.28. The van der Waals surface area contributed by atoms with Crippen molar-refractivity contribution < 1.29 is 0 Å². The Morgan fingerprint density at radius 2 is 0.943 bits per heavy atom. The topological polar surface area (TPSA) is 6.48 Å². The van der Waals surface area contributed by atoms with Crippen LogP contribution in [0.3, 0.4) is 0 Å². The normalized spacial score (nSPS) is 11.2. The maximum absolute atomic E-state index is 2.53. The minimum absolute atomic E-state index is 0.232. The highest BCUT2D eigenvalue weighted by atomic mass is 15.1. The van der Waals surface area contributed by atoms with Gasteiger partial charge in [0, 0.05) is 43.5 Å². The Kier molecular flexibility index (Phi) is 10.3. The molecule has 0 aromatic heterocycles. The Labute approximate surface area is 215 Å². The van der Waals surface area contributed by atoms with Gasteiger partial charge in [-0.3, -0.25) is 0 Å². The average molecular weight is 471 g/mol. The van der Waals surface area contributed by atoms with E-state index in [9.17, 15) is 0 Å². The Hall–Kier alpha value is -2.74. The first-order valence-corrected chi connectivity index (χ1v) is 13.8. The summed E-state index contributed by atoms with van der Waals surface area (Å²) >= 11 is 0.